The molecule has 3 heteroatoms. The quantitative estimate of drug-likeness (QED) is 0.278. The number of benzene rings is 3. The molecular weight excluding hydrogens is 436 g/mol. The van der Waals surface area contributed by atoms with Crippen LogP contribution in [0.1, 0.15) is 55.4 Å². The minimum atomic E-state index is -0.294. The average molecular weight is 478 g/mol. The molecule has 0 atom stereocenters. The summed E-state index contributed by atoms with van der Waals surface area (Å²) >= 11 is 0. The molecule has 0 aliphatic heterocycles. The standard InChI is InChI=1S/C30H41NP2/c1-22(2)32(23(3)4)29-20-14-12-18-27(29)31(26-16-10-9-11-17-26)28-19-13-15-21-30(28)33(24(5)6)25(7)8/h9-25H,1-8H3. The van der Waals surface area contributed by atoms with Crippen molar-refractivity contribution >= 4 is 43.5 Å². The summed E-state index contributed by atoms with van der Waals surface area (Å²) in [4.78, 5) is 2.55. The van der Waals surface area contributed by atoms with Gasteiger partial charge in [0.1, 0.15) is 0 Å². The van der Waals surface area contributed by atoms with Gasteiger partial charge < -0.3 is 4.90 Å². The van der Waals surface area contributed by atoms with Crippen molar-refractivity contribution in [2.75, 3.05) is 4.90 Å². The third-order valence-electron chi connectivity index (χ3n) is 6.04. The SMILES string of the molecule is CC(C)P(c1ccccc1N(c1ccccc1)c1ccccc1P(C(C)C)C(C)C)C(C)C. The molecule has 0 aliphatic carbocycles. The van der Waals surface area contributed by atoms with Gasteiger partial charge in [0.2, 0.25) is 0 Å². The van der Waals surface area contributed by atoms with Crippen molar-refractivity contribution in [3.8, 4) is 0 Å². The van der Waals surface area contributed by atoms with Gasteiger partial charge in [0.15, 0.2) is 0 Å². The number of nitrogens with zero attached hydrogens (tertiary/aromatic N) is 1. The molecule has 3 aromatic rings. The highest BCUT2D eigenvalue weighted by atomic mass is 31.1. The second-order valence-corrected chi connectivity index (χ2v) is 16.6. The van der Waals surface area contributed by atoms with Crippen molar-refractivity contribution in [1.82, 2.24) is 0 Å². The predicted molar refractivity (Wildman–Crippen MR) is 155 cm³/mol. The van der Waals surface area contributed by atoms with Gasteiger partial charge in [-0.2, -0.15) is 0 Å². The summed E-state index contributed by atoms with van der Waals surface area (Å²) in [5.41, 5.74) is 6.46. The molecular formula is C30H41NP2. The van der Waals surface area contributed by atoms with Gasteiger partial charge in [-0.15, -0.1) is 0 Å². The van der Waals surface area contributed by atoms with Crippen LogP contribution in [0.2, 0.25) is 0 Å². The van der Waals surface area contributed by atoms with Crippen molar-refractivity contribution in [1.29, 1.82) is 0 Å². The Morgan fingerprint density at radius 1 is 0.455 bits per heavy atom. The molecule has 0 bridgehead atoms. The third kappa shape index (κ3) is 5.88. The fraction of sp³-hybridized carbons (Fsp3) is 0.400. The van der Waals surface area contributed by atoms with Crippen molar-refractivity contribution in [3.63, 3.8) is 0 Å². The predicted octanol–water partition coefficient (Wildman–Crippen LogP) is 9.00. The normalized spacial score (nSPS) is 12.1. The van der Waals surface area contributed by atoms with Crippen LogP contribution in [0.25, 0.3) is 0 Å². The Balaban J connectivity index is 2.32. The van der Waals surface area contributed by atoms with E-state index in [9.17, 15) is 0 Å². The van der Waals surface area contributed by atoms with Crippen LogP contribution < -0.4 is 15.5 Å². The van der Waals surface area contributed by atoms with Crippen molar-refractivity contribution in [2.45, 2.75) is 78.0 Å². The highest BCUT2D eigenvalue weighted by Gasteiger charge is 2.28. The molecule has 0 unspecified atom stereocenters. The Morgan fingerprint density at radius 3 is 1.15 bits per heavy atom. The Kier molecular flexibility index (Phi) is 9.15. The van der Waals surface area contributed by atoms with Crippen molar-refractivity contribution < 1.29 is 0 Å². The molecule has 1 nitrogen and oxygen atoms in total. The zero-order chi connectivity index (χ0) is 24.1. The first-order valence-electron chi connectivity index (χ1n) is 12.3. The van der Waals surface area contributed by atoms with Gasteiger partial charge in [-0.25, -0.2) is 0 Å². The lowest BCUT2D eigenvalue weighted by Crippen LogP contribution is -2.27. The lowest BCUT2D eigenvalue weighted by atomic mass is 10.2. The van der Waals surface area contributed by atoms with Crippen LogP contribution in [0.5, 0.6) is 0 Å². The van der Waals surface area contributed by atoms with E-state index in [0.717, 1.165) is 0 Å². The van der Waals surface area contributed by atoms with Crippen molar-refractivity contribution in [2.24, 2.45) is 0 Å². The van der Waals surface area contributed by atoms with E-state index >= 15 is 0 Å². The number of rotatable bonds is 9. The average Bonchev–Trinajstić information content (AvgIpc) is 2.76. The van der Waals surface area contributed by atoms with Gasteiger partial charge in [0, 0.05) is 16.3 Å². The fourth-order valence-electron chi connectivity index (χ4n) is 5.03. The number of anilines is 3. The maximum atomic E-state index is 2.55. The zero-order valence-corrected chi connectivity index (χ0v) is 23.4. The Morgan fingerprint density at radius 2 is 0.788 bits per heavy atom. The summed E-state index contributed by atoms with van der Waals surface area (Å²) in [5, 5.41) is 3.02. The molecule has 0 aromatic heterocycles. The molecule has 0 fully saturated rings. The van der Waals surface area contributed by atoms with Crippen LogP contribution in [0.3, 0.4) is 0 Å². The van der Waals surface area contributed by atoms with Gasteiger partial charge in [0.05, 0.1) is 11.4 Å². The van der Waals surface area contributed by atoms with Gasteiger partial charge in [0.25, 0.3) is 0 Å². The van der Waals surface area contributed by atoms with E-state index in [1.807, 2.05) is 0 Å². The first kappa shape index (κ1) is 25.9. The van der Waals surface area contributed by atoms with E-state index in [1.165, 1.54) is 27.7 Å². The van der Waals surface area contributed by atoms with E-state index < -0.39 is 0 Å². The second-order valence-electron chi connectivity index (χ2n) is 9.84. The van der Waals surface area contributed by atoms with Crippen LogP contribution in [-0.4, -0.2) is 22.6 Å². The van der Waals surface area contributed by atoms with Gasteiger partial charge >= 0.3 is 0 Å². The Hall–Kier alpha value is -1.68. The van der Waals surface area contributed by atoms with Gasteiger partial charge in [-0.3, -0.25) is 0 Å². The molecule has 0 heterocycles. The Bertz CT molecular complexity index is 931. The molecule has 0 radical (unpaired) electrons. The summed E-state index contributed by atoms with van der Waals surface area (Å²) in [6.07, 6.45) is 0. The van der Waals surface area contributed by atoms with Crippen LogP contribution in [0, 0.1) is 0 Å². The van der Waals surface area contributed by atoms with Crippen LogP contribution >= 0.6 is 15.8 Å². The monoisotopic (exact) mass is 477 g/mol. The van der Waals surface area contributed by atoms with Crippen LogP contribution in [-0.2, 0) is 0 Å². The summed E-state index contributed by atoms with van der Waals surface area (Å²) in [5.74, 6) is 0. The molecule has 0 saturated heterocycles. The maximum Gasteiger partial charge on any atom is 0.0538 e. The van der Waals surface area contributed by atoms with E-state index in [-0.39, 0.29) is 15.8 Å². The van der Waals surface area contributed by atoms with Gasteiger partial charge in [-0.05, 0) is 46.9 Å². The van der Waals surface area contributed by atoms with Crippen LogP contribution in [0.4, 0.5) is 17.1 Å². The maximum absolute atomic E-state index is 2.55. The summed E-state index contributed by atoms with van der Waals surface area (Å²) < 4.78 is 0. The van der Waals surface area contributed by atoms with E-state index in [1.54, 1.807) is 0 Å². The second kappa shape index (κ2) is 11.6. The summed E-state index contributed by atoms with van der Waals surface area (Å²) in [7, 11) is -0.588. The molecule has 3 rings (SSSR count). The molecule has 0 amide bonds. The summed E-state index contributed by atoms with van der Waals surface area (Å²) in [6, 6.07) is 29.3. The molecule has 0 saturated carbocycles. The topological polar surface area (TPSA) is 3.24 Å². The molecule has 0 N–H and O–H groups in total. The molecule has 0 aliphatic rings. The van der Waals surface area contributed by atoms with E-state index in [4.69, 9.17) is 0 Å². The first-order valence-corrected chi connectivity index (χ1v) is 15.3. The van der Waals surface area contributed by atoms with Crippen LogP contribution in [0.15, 0.2) is 78.9 Å². The minimum absolute atomic E-state index is 0.294. The first-order chi connectivity index (χ1) is 15.7. The third-order valence-corrected chi connectivity index (χ3v) is 12.4. The number of hydrogen-bond acceptors (Lipinski definition) is 1. The van der Waals surface area contributed by atoms with Gasteiger partial charge in [-0.1, -0.05) is 126 Å². The van der Waals surface area contributed by atoms with Crippen molar-refractivity contribution in [3.05, 3.63) is 78.9 Å². The number of para-hydroxylation sites is 3. The number of hydrogen-bond donors (Lipinski definition) is 0. The lowest BCUT2D eigenvalue weighted by Gasteiger charge is -2.36. The molecule has 3 aromatic carbocycles. The Labute approximate surface area is 205 Å². The zero-order valence-electron chi connectivity index (χ0n) is 21.7. The van der Waals surface area contributed by atoms with E-state index in [0.29, 0.717) is 22.6 Å². The largest absolute Gasteiger partial charge is 0.309 e. The minimum Gasteiger partial charge on any atom is -0.309 e. The summed E-state index contributed by atoms with van der Waals surface area (Å²) in [6.45, 7) is 19.1. The molecule has 176 valence electrons. The highest BCUT2D eigenvalue weighted by Crippen LogP contribution is 2.51. The fourth-order valence-corrected chi connectivity index (χ4v) is 11.0. The van der Waals surface area contributed by atoms with E-state index in [2.05, 4.69) is 139 Å². The highest BCUT2D eigenvalue weighted by molar-refractivity contribution is 7.67. The molecule has 0 spiro atoms. The smallest absolute Gasteiger partial charge is 0.0538 e. The molecule has 33 heavy (non-hydrogen) atoms. The lowest BCUT2D eigenvalue weighted by molar-refractivity contribution is 1.02.